The van der Waals surface area contributed by atoms with E-state index >= 15 is 0 Å². The molecule has 4 saturated carbocycles. The van der Waals surface area contributed by atoms with Gasteiger partial charge >= 0.3 is 23.9 Å². The van der Waals surface area contributed by atoms with E-state index in [1.807, 2.05) is 36.4 Å². The molecular formula is C57H64O10. The molecule has 8 unspecified atom stereocenters. The molecule has 8 atom stereocenters. The summed E-state index contributed by atoms with van der Waals surface area (Å²) in [6.07, 6.45) is 13.9. The summed E-state index contributed by atoms with van der Waals surface area (Å²) < 4.78 is 21.6. The maximum absolute atomic E-state index is 13.4. The van der Waals surface area contributed by atoms with Crippen molar-refractivity contribution in [2.75, 3.05) is 13.7 Å². The number of hydrogen-bond acceptors (Lipinski definition) is 10. The first kappa shape index (κ1) is 47.6. The van der Waals surface area contributed by atoms with Crippen LogP contribution in [0.1, 0.15) is 185 Å². The van der Waals surface area contributed by atoms with Crippen LogP contribution in [0.15, 0.2) is 84.9 Å². The molecule has 0 amide bonds. The SMILES string of the molecule is CCC.CCC1CCC2C3CCC4CC(c5ccc(OC(=O)c6ccc(C=O)c(C(=O)OC)c6)cc5)(c5ccc(OC(=O)c6ccc7c(c6)C(=O)CCOC7=O)cc5)CCC4(C)C3CCC12C. The van der Waals surface area contributed by atoms with E-state index in [0.717, 1.165) is 48.1 Å². The lowest BCUT2D eigenvalue weighted by Gasteiger charge is -2.63. The first-order valence-electron chi connectivity index (χ1n) is 24.4. The van der Waals surface area contributed by atoms with Gasteiger partial charge in [0.25, 0.3) is 0 Å². The van der Waals surface area contributed by atoms with Crippen LogP contribution < -0.4 is 9.47 Å². The lowest BCUT2D eigenvalue weighted by Crippen LogP contribution is -2.55. The summed E-state index contributed by atoms with van der Waals surface area (Å²) in [5.74, 6) is 1.44. The van der Waals surface area contributed by atoms with Crippen molar-refractivity contribution in [3.63, 3.8) is 0 Å². The topological polar surface area (TPSA) is 139 Å². The Kier molecular flexibility index (Phi) is 13.8. The van der Waals surface area contributed by atoms with Gasteiger partial charge in [-0.3, -0.25) is 9.59 Å². The highest BCUT2D eigenvalue weighted by molar-refractivity contribution is 6.09. The third kappa shape index (κ3) is 8.77. The summed E-state index contributed by atoms with van der Waals surface area (Å²) in [6.45, 7) is 11.8. The highest BCUT2D eigenvalue weighted by atomic mass is 16.5. The average Bonchev–Trinajstić information content (AvgIpc) is 3.62. The number of benzene rings is 4. The molecule has 5 aliphatic rings. The number of ketones is 1. The van der Waals surface area contributed by atoms with Crippen LogP contribution in [0.2, 0.25) is 0 Å². The van der Waals surface area contributed by atoms with Crippen molar-refractivity contribution in [2.24, 2.45) is 40.4 Å². The van der Waals surface area contributed by atoms with E-state index in [1.165, 1.54) is 94.9 Å². The molecule has 0 saturated heterocycles. The fourth-order valence-corrected chi connectivity index (χ4v) is 13.4. The van der Waals surface area contributed by atoms with Gasteiger partial charge in [0.05, 0.1) is 36.0 Å². The Hall–Kier alpha value is -5.90. The fourth-order valence-electron chi connectivity index (χ4n) is 13.4. The van der Waals surface area contributed by atoms with Crippen molar-refractivity contribution < 1.29 is 47.7 Å². The predicted molar refractivity (Wildman–Crippen MR) is 254 cm³/mol. The summed E-state index contributed by atoms with van der Waals surface area (Å²) in [5, 5.41) is 0. The number of fused-ring (bicyclic) bond motifs is 6. The second kappa shape index (κ2) is 19.4. The van der Waals surface area contributed by atoms with Crippen LogP contribution >= 0.6 is 0 Å². The smallest absolute Gasteiger partial charge is 0.343 e. The van der Waals surface area contributed by atoms with Gasteiger partial charge in [0.15, 0.2) is 12.1 Å². The molecule has 1 heterocycles. The second-order valence-corrected chi connectivity index (χ2v) is 20.2. The average molecular weight is 909 g/mol. The molecule has 4 aliphatic carbocycles. The number of esters is 4. The zero-order valence-corrected chi connectivity index (χ0v) is 39.8. The van der Waals surface area contributed by atoms with E-state index in [0.29, 0.717) is 35.0 Å². The number of ether oxygens (including phenoxy) is 4. The van der Waals surface area contributed by atoms with Crippen molar-refractivity contribution in [3.05, 3.63) is 129 Å². The molecule has 1 aliphatic heterocycles. The van der Waals surface area contributed by atoms with Crippen LogP contribution in [-0.2, 0) is 14.9 Å². The summed E-state index contributed by atoms with van der Waals surface area (Å²) >= 11 is 0. The molecule has 4 fully saturated rings. The number of rotatable bonds is 9. The van der Waals surface area contributed by atoms with Gasteiger partial charge in [0, 0.05) is 23.0 Å². The maximum Gasteiger partial charge on any atom is 0.343 e. The Morgan fingerprint density at radius 1 is 0.687 bits per heavy atom. The lowest BCUT2D eigenvalue weighted by molar-refractivity contribution is -0.119. The van der Waals surface area contributed by atoms with Gasteiger partial charge in [0.1, 0.15) is 11.5 Å². The van der Waals surface area contributed by atoms with E-state index in [9.17, 15) is 28.8 Å². The summed E-state index contributed by atoms with van der Waals surface area (Å²) in [7, 11) is 1.21. The molecule has 0 spiro atoms. The zero-order chi connectivity index (χ0) is 47.7. The molecule has 0 bridgehead atoms. The Labute approximate surface area is 394 Å². The Morgan fingerprint density at radius 3 is 1.91 bits per heavy atom. The van der Waals surface area contributed by atoms with Crippen LogP contribution in [-0.4, -0.2) is 49.7 Å². The zero-order valence-electron chi connectivity index (χ0n) is 39.8. The van der Waals surface area contributed by atoms with Crippen LogP contribution in [0.25, 0.3) is 0 Å². The molecule has 10 heteroatoms. The number of carbonyl (C=O) groups is 6. The van der Waals surface area contributed by atoms with Crippen molar-refractivity contribution in [2.45, 2.75) is 117 Å². The largest absolute Gasteiger partial charge is 0.465 e. The molecular weight excluding hydrogens is 845 g/mol. The van der Waals surface area contributed by atoms with Crippen LogP contribution in [0.4, 0.5) is 0 Å². The fraction of sp³-hybridized carbons (Fsp3) is 0.474. The minimum atomic E-state index is -0.725. The van der Waals surface area contributed by atoms with E-state index < -0.39 is 23.9 Å². The molecule has 67 heavy (non-hydrogen) atoms. The number of hydrogen-bond donors (Lipinski definition) is 0. The number of Topliss-reactive ketones (excluding diaryl/α,β-unsaturated/α-hetero) is 1. The highest BCUT2D eigenvalue weighted by Crippen LogP contribution is 2.69. The molecule has 0 N–H and O–H groups in total. The number of cyclic esters (lactones) is 1. The van der Waals surface area contributed by atoms with Crippen molar-refractivity contribution in [1.29, 1.82) is 0 Å². The highest BCUT2D eigenvalue weighted by Gasteiger charge is 2.61. The van der Waals surface area contributed by atoms with Gasteiger partial charge in [-0.15, -0.1) is 0 Å². The lowest BCUT2D eigenvalue weighted by atomic mass is 9.42. The first-order chi connectivity index (χ1) is 32.2. The third-order valence-electron chi connectivity index (χ3n) is 16.8. The Morgan fingerprint density at radius 2 is 1.30 bits per heavy atom. The summed E-state index contributed by atoms with van der Waals surface area (Å²) in [6, 6.07) is 24.0. The van der Waals surface area contributed by atoms with E-state index in [4.69, 9.17) is 18.9 Å². The quantitative estimate of drug-likeness (QED) is 0.0905. The van der Waals surface area contributed by atoms with Crippen LogP contribution in [0.3, 0.4) is 0 Å². The molecule has 9 rings (SSSR count). The molecule has 4 aromatic carbocycles. The molecule has 10 nitrogen and oxygen atoms in total. The molecule has 0 aromatic heterocycles. The first-order valence-corrected chi connectivity index (χ1v) is 24.4. The van der Waals surface area contributed by atoms with Crippen LogP contribution in [0, 0.1) is 40.4 Å². The number of carbonyl (C=O) groups excluding carboxylic acids is 6. The van der Waals surface area contributed by atoms with E-state index in [-0.39, 0.29) is 63.0 Å². The molecule has 4 aromatic rings. The van der Waals surface area contributed by atoms with Crippen LogP contribution in [0.5, 0.6) is 11.5 Å². The molecule has 352 valence electrons. The van der Waals surface area contributed by atoms with E-state index in [1.54, 1.807) is 0 Å². The Balaban J connectivity index is 0.00000198. The third-order valence-corrected chi connectivity index (χ3v) is 16.8. The minimum absolute atomic E-state index is 0.00236. The normalized spacial score (nSPS) is 28.4. The summed E-state index contributed by atoms with van der Waals surface area (Å²) in [5.41, 5.74) is 3.19. The minimum Gasteiger partial charge on any atom is -0.465 e. The van der Waals surface area contributed by atoms with Gasteiger partial charge in [-0.05, 0) is 170 Å². The van der Waals surface area contributed by atoms with Gasteiger partial charge < -0.3 is 18.9 Å². The van der Waals surface area contributed by atoms with Gasteiger partial charge in [0.2, 0.25) is 0 Å². The second-order valence-electron chi connectivity index (χ2n) is 20.2. The Bertz CT molecular complexity index is 2540. The maximum atomic E-state index is 13.4. The molecule has 0 radical (unpaired) electrons. The van der Waals surface area contributed by atoms with Gasteiger partial charge in [-0.25, -0.2) is 19.2 Å². The monoisotopic (exact) mass is 908 g/mol. The van der Waals surface area contributed by atoms with Crippen molar-refractivity contribution >= 4 is 35.9 Å². The van der Waals surface area contributed by atoms with Crippen molar-refractivity contribution in [1.82, 2.24) is 0 Å². The standard InChI is InChI=1S/C54H56O10.C3H8/c1-5-35-14-21-45-42-20-13-38-30-54(26-25-53(38,3)46(42)22-24-52(35,45)2,36-9-15-39(16-10-36)63-48(57)32-6-7-34(31-55)43(28-32)50(59)61-4)37-11-17-40(18-12-37)64-49(58)33-8-19-41-44(29-33)47(56)23-27-62-51(41)60;1-3-2/h6-12,15-19,28-29,31,35,38,42,45-46H,5,13-14,20-27,30H2,1-4H3;3H2,1-2H3. The van der Waals surface area contributed by atoms with E-state index in [2.05, 4.69) is 46.8 Å². The van der Waals surface area contributed by atoms with Gasteiger partial charge in [-0.2, -0.15) is 0 Å². The van der Waals surface area contributed by atoms with Crippen molar-refractivity contribution in [3.8, 4) is 11.5 Å². The predicted octanol–water partition coefficient (Wildman–Crippen LogP) is 12.2. The number of methoxy groups -OCH3 is 1. The van der Waals surface area contributed by atoms with Gasteiger partial charge in [-0.1, -0.05) is 71.7 Å². The summed E-state index contributed by atoms with van der Waals surface area (Å²) in [4.78, 5) is 75.8. The number of aldehydes is 1.